The van der Waals surface area contributed by atoms with Crippen molar-refractivity contribution in [2.24, 2.45) is 0 Å². The van der Waals surface area contributed by atoms with E-state index in [1.807, 2.05) is 66.4 Å². The first-order chi connectivity index (χ1) is 11.2. The third-order valence-corrected chi connectivity index (χ3v) is 4.02. The number of carbonyl (C=O) groups is 1. The van der Waals surface area contributed by atoms with Gasteiger partial charge in [-0.25, -0.2) is 0 Å². The predicted molar refractivity (Wildman–Crippen MR) is 91.9 cm³/mol. The van der Waals surface area contributed by atoms with Crippen LogP contribution in [0.25, 0.3) is 0 Å². The van der Waals surface area contributed by atoms with Gasteiger partial charge in [0.2, 0.25) is 5.91 Å². The van der Waals surface area contributed by atoms with Crippen molar-refractivity contribution >= 4 is 11.6 Å². The van der Waals surface area contributed by atoms with Crippen LogP contribution in [0.5, 0.6) is 11.5 Å². The zero-order valence-corrected chi connectivity index (χ0v) is 13.4. The van der Waals surface area contributed by atoms with Crippen LogP contribution in [-0.4, -0.2) is 29.9 Å². The van der Waals surface area contributed by atoms with Crippen molar-refractivity contribution in [2.45, 2.75) is 25.8 Å². The molecule has 0 radical (unpaired) electrons. The first-order valence-corrected chi connectivity index (χ1v) is 8.11. The smallest absolute Gasteiger partial charge is 0.244 e. The van der Waals surface area contributed by atoms with E-state index in [0.717, 1.165) is 43.1 Å². The van der Waals surface area contributed by atoms with Crippen molar-refractivity contribution in [1.82, 2.24) is 4.90 Å². The highest BCUT2D eigenvalue weighted by Gasteiger charge is 2.23. The summed E-state index contributed by atoms with van der Waals surface area (Å²) in [5.41, 5.74) is 0.830. The van der Waals surface area contributed by atoms with Crippen LogP contribution in [0.15, 0.2) is 54.6 Å². The first-order valence-electron chi connectivity index (χ1n) is 8.11. The summed E-state index contributed by atoms with van der Waals surface area (Å²) in [6.45, 7) is 3.64. The van der Waals surface area contributed by atoms with E-state index in [9.17, 15) is 4.79 Å². The molecule has 0 bridgehead atoms. The average molecular weight is 310 g/mol. The molecule has 0 spiro atoms. The summed E-state index contributed by atoms with van der Waals surface area (Å²) < 4.78 is 5.93. The molecule has 23 heavy (non-hydrogen) atoms. The van der Waals surface area contributed by atoms with E-state index in [2.05, 4.69) is 5.32 Å². The summed E-state index contributed by atoms with van der Waals surface area (Å²) in [7, 11) is 0. The van der Waals surface area contributed by atoms with Crippen LogP contribution in [0.4, 0.5) is 5.69 Å². The molecule has 2 aromatic carbocycles. The van der Waals surface area contributed by atoms with Crippen LogP contribution in [0, 0.1) is 0 Å². The molecule has 1 unspecified atom stereocenters. The van der Waals surface area contributed by atoms with Gasteiger partial charge in [0.05, 0.1) is 5.69 Å². The highest BCUT2D eigenvalue weighted by molar-refractivity contribution is 5.85. The summed E-state index contributed by atoms with van der Waals surface area (Å²) in [6, 6.07) is 17.1. The molecule has 0 aromatic heterocycles. The highest BCUT2D eigenvalue weighted by atomic mass is 16.5. The zero-order chi connectivity index (χ0) is 16.1. The van der Waals surface area contributed by atoms with Gasteiger partial charge in [0.15, 0.2) is 5.75 Å². The molecular formula is C19H22N2O2. The van der Waals surface area contributed by atoms with Crippen LogP contribution in [0.2, 0.25) is 0 Å². The lowest BCUT2D eigenvalue weighted by molar-refractivity contribution is -0.130. The van der Waals surface area contributed by atoms with Gasteiger partial charge in [-0.1, -0.05) is 30.3 Å². The molecule has 4 nitrogen and oxygen atoms in total. The summed E-state index contributed by atoms with van der Waals surface area (Å²) in [6.07, 6.45) is 2.21. The molecular weight excluding hydrogens is 288 g/mol. The monoisotopic (exact) mass is 310 g/mol. The Morgan fingerprint density at radius 2 is 1.70 bits per heavy atom. The summed E-state index contributed by atoms with van der Waals surface area (Å²) >= 11 is 0. The maximum absolute atomic E-state index is 12.4. The second kappa shape index (κ2) is 7.18. The van der Waals surface area contributed by atoms with Gasteiger partial charge in [0.1, 0.15) is 11.8 Å². The molecule has 0 aliphatic carbocycles. The maximum atomic E-state index is 12.4. The normalized spacial score (nSPS) is 15.3. The molecule has 1 saturated heterocycles. The molecule has 3 rings (SSSR count). The lowest BCUT2D eigenvalue weighted by atomic mass is 10.2. The van der Waals surface area contributed by atoms with Gasteiger partial charge in [-0.2, -0.15) is 0 Å². The predicted octanol–water partition coefficient (Wildman–Crippen LogP) is 3.90. The van der Waals surface area contributed by atoms with E-state index in [4.69, 9.17) is 4.74 Å². The standard InChI is InChI=1S/C19H22N2O2/c1-15(19(22)21-13-7-8-14-21)20-17-11-5-6-12-18(17)23-16-9-3-2-4-10-16/h2-6,9-12,15,20H,7-8,13-14H2,1H3. The fourth-order valence-electron chi connectivity index (χ4n) is 2.80. The number of benzene rings is 2. The number of amides is 1. The van der Waals surface area contributed by atoms with Gasteiger partial charge >= 0.3 is 0 Å². The van der Waals surface area contributed by atoms with E-state index in [1.54, 1.807) is 0 Å². The van der Waals surface area contributed by atoms with E-state index in [1.165, 1.54) is 0 Å². The lowest BCUT2D eigenvalue weighted by Crippen LogP contribution is -2.39. The zero-order valence-electron chi connectivity index (χ0n) is 13.4. The number of anilines is 1. The molecule has 1 aliphatic heterocycles. The molecule has 4 heteroatoms. The van der Waals surface area contributed by atoms with E-state index in [0.29, 0.717) is 0 Å². The largest absolute Gasteiger partial charge is 0.455 e. The molecule has 1 aliphatic rings. The fourth-order valence-corrected chi connectivity index (χ4v) is 2.80. The highest BCUT2D eigenvalue weighted by Crippen LogP contribution is 2.29. The van der Waals surface area contributed by atoms with Crippen LogP contribution in [0.3, 0.4) is 0 Å². The van der Waals surface area contributed by atoms with Crippen molar-refractivity contribution in [3.63, 3.8) is 0 Å². The van der Waals surface area contributed by atoms with Gasteiger partial charge in [-0.3, -0.25) is 4.79 Å². The van der Waals surface area contributed by atoms with Gasteiger partial charge in [0.25, 0.3) is 0 Å². The summed E-state index contributed by atoms with van der Waals surface area (Å²) in [5.74, 6) is 1.65. The number of rotatable bonds is 5. The number of likely N-dealkylation sites (tertiary alicyclic amines) is 1. The minimum absolute atomic E-state index is 0.150. The molecule has 0 saturated carbocycles. The molecule has 1 atom stereocenters. The number of nitrogens with zero attached hydrogens (tertiary/aromatic N) is 1. The Morgan fingerprint density at radius 1 is 1.04 bits per heavy atom. The second-order valence-electron chi connectivity index (χ2n) is 5.81. The van der Waals surface area contributed by atoms with Crippen LogP contribution >= 0.6 is 0 Å². The topological polar surface area (TPSA) is 41.6 Å². The van der Waals surface area contributed by atoms with Crippen molar-refractivity contribution < 1.29 is 9.53 Å². The number of para-hydroxylation sites is 3. The average Bonchev–Trinajstić information content (AvgIpc) is 3.11. The Morgan fingerprint density at radius 3 is 2.43 bits per heavy atom. The number of ether oxygens (including phenoxy) is 1. The fraction of sp³-hybridized carbons (Fsp3) is 0.316. The number of carbonyl (C=O) groups excluding carboxylic acids is 1. The third kappa shape index (κ3) is 3.83. The molecule has 1 heterocycles. The second-order valence-corrected chi connectivity index (χ2v) is 5.81. The van der Waals surface area contributed by atoms with Gasteiger partial charge in [0, 0.05) is 13.1 Å². The number of nitrogens with one attached hydrogen (secondary N) is 1. The summed E-state index contributed by atoms with van der Waals surface area (Å²) in [5, 5.41) is 3.29. The van der Waals surface area contributed by atoms with E-state index >= 15 is 0 Å². The number of hydrogen-bond acceptors (Lipinski definition) is 3. The Labute approximate surface area is 137 Å². The molecule has 1 amide bonds. The minimum Gasteiger partial charge on any atom is -0.455 e. The lowest BCUT2D eigenvalue weighted by Gasteiger charge is -2.23. The van der Waals surface area contributed by atoms with Crippen LogP contribution in [-0.2, 0) is 4.79 Å². The van der Waals surface area contributed by atoms with Crippen molar-refractivity contribution in [2.75, 3.05) is 18.4 Å². The first kappa shape index (κ1) is 15.4. The minimum atomic E-state index is -0.270. The van der Waals surface area contributed by atoms with Gasteiger partial charge < -0.3 is 15.0 Å². The van der Waals surface area contributed by atoms with Crippen LogP contribution < -0.4 is 10.1 Å². The third-order valence-electron chi connectivity index (χ3n) is 4.02. The molecule has 1 N–H and O–H groups in total. The van der Waals surface area contributed by atoms with Crippen molar-refractivity contribution in [1.29, 1.82) is 0 Å². The van der Waals surface area contributed by atoms with E-state index < -0.39 is 0 Å². The van der Waals surface area contributed by atoms with Crippen LogP contribution in [0.1, 0.15) is 19.8 Å². The van der Waals surface area contributed by atoms with Crippen molar-refractivity contribution in [3.8, 4) is 11.5 Å². The SMILES string of the molecule is CC(Nc1ccccc1Oc1ccccc1)C(=O)N1CCCC1. The summed E-state index contributed by atoms with van der Waals surface area (Å²) in [4.78, 5) is 14.4. The Hall–Kier alpha value is -2.49. The molecule has 1 fully saturated rings. The Bertz CT molecular complexity index is 651. The number of hydrogen-bond donors (Lipinski definition) is 1. The van der Waals surface area contributed by atoms with Gasteiger partial charge in [-0.05, 0) is 44.0 Å². The molecule has 2 aromatic rings. The quantitative estimate of drug-likeness (QED) is 0.910. The Balaban J connectivity index is 1.71. The van der Waals surface area contributed by atoms with E-state index in [-0.39, 0.29) is 11.9 Å². The van der Waals surface area contributed by atoms with Crippen molar-refractivity contribution in [3.05, 3.63) is 54.6 Å². The maximum Gasteiger partial charge on any atom is 0.244 e. The Kier molecular flexibility index (Phi) is 4.81. The molecule has 120 valence electrons. The van der Waals surface area contributed by atoms with Gasteiger partial charge in [-0.15, -0.1) is 0 Å².